The van der Waals surface area contributed by atoms with Crippen molar-refractivity contribution >= 4 is 17.0 Å². The standard InChI is InChI=1S/C22H27N3O3S/c1-4-28-22(26)15-25-17(3)19(14-23)16(2)20(25)13-18-9-5-6-10-21(18)29(27)24-11-7-8-12-24/h5-6,9-10H,4,7-8,11-13,15H2,1-3H3. The summed E-state index contributed by atoms with van der Waals surface area (Å²) >= 11 is 0. The predicted octanol–water partition coefficient (Wildman–Crippen LogP) is 3.25. The van der Waals surface area contributed by atoms with Crippen LogP contribution in [0.5, 0.6) is 0 Å². The van der Waals surface area contributed by atoms with Gasteiger partial charge in [-0.1, -0.05) is 18.2 Å². The van der Waals surface area contributed by atoms with Gasteiger partial charge in [0.25, 0.3) is 0 Å². The van der Waals surface area contributed by atoms with E-state index in [2.05, 4.69) is 6.07 Å². The maximum absolute atomic E-state index is 13.1. The van der Waals surface area contributed by atoms with Gasteiger partial charge >= 0.3 is 5.97 Å². The van der Waals surface area contributed by atoms with E-state index in [0.29, 0.717) is 18.6 Å². The minimum absolute atomic E-state index is 0.0644. The van der Waals surface area contributed by atoms with Crippen LogP contribution in [0.3, 0.4) is 0 Å². The Balaban J connectivity index is 1.99. The highest BCUT2D eigenvalue weighted by Gasteiger charge is 2.24. The lowest BCUT2D eigenvalue weighted by atomic mass is 10.1. The summed E-state index contributed by atoms with van der Waals surface area (Å²) in [6, 6.07) is 9.99. The van der Waals surface area contributed by atoms with E-state index in [4.69, 9.17) is 4.74 Å². The van der Waals surface area contributed by atoms with Gasteiger partial charge in [-0.3, -0.25) is 4.79 Å². The molecule has 7 heteroatoms. The van der Waals surface area contributed by atoms with Gasteiger partial charge < -0.3 is 9.30 Å². The molecule has 0 amide bonds. The molecule has 0 aliphatic carbocycles. The highest BCUT2D eigenvalue weighted by Crippen LogP contribution is 2.27. The van der Waals surface area contributed by atoms with Crippen LogP contribution in [-0.2, 0) is 33.5 Å². The molecular formula is C22H27N3O3S. The van der Waals surface area contributed by atoms with E-state index in [1.54, 1.807) is 6.92 Å². The topological polar surface area (TPSA) is 75.3 Å². The molecule has 2 aromatic rings. The monoisotopic (exact) mass is 413 g/mol. The summed E-state index contributed by atoms with van der Waals surface area (Å²) in [7, 11) is -1.20. The van der Waals surface area contributed by atoms with E-state index in [9.17, 15) is 14.3 Å². The van der Waals surface area contributed by atoms with Crippen molar-refractivity contribution in [2.75, 3.05) is 19.7 Å². The van der Waals surface area contributed by atoms with Crippen molar-refractivity contribution in [3.05, 3.63) is 52.3 Å². The van der Waals surface area contributed by atoms with E-state index in [-0.39, 0.29) is 12.5 Å². The summed E-state index contributed by atoms with van der Waals surface area (Å²) in [5, 5.41) is 9.59. The summed E-state index contributed by atoms with van der Waals surface area (Å²) in [5.74, 6) is -0.328. The third-order valence-corrected chi connectivity index (χ3v) is 7.03. The zero-order valence-electron chi connectivity index (χ0n) is 17.2. The lowest BCUT2D eigenvalue weighted by molar-refractivity contribution is -0.143. The predicted molar refractivity (Wildman–Crippen MR) is 112 cm³/mol. The molecule has 1 aliphatic heterocycles. The maximum atomic E-state index is 13.1. The summed E-state index contributed by atoms with van der Waals surface area (Å²) in [6.45, 7) is 7.60. The Kier molecular flexibility index (Phi) is 6.88. The number of esters is 1. The van der Waals surface area contributed by atoms with E-state index < -0.39 is 11.0 Å². The van der Waals surface area contributed by atoms with Crippen molar-refractivity contribution in [2.45, 2.75) is 51.5 Å². The molecule has 154 valence electrons. The second-order valence-electron chi connectivity index (χ2n) is 7.20. The molecular weight excluding hydrogens is 386 g/mol. The molecule has 2 heterocycles. The number of hydrogen-bond acceptors (Lipinski definition) is 4. The third-order valence-electron chi connectivity index (χ3n) is 5.42. The number of benzene rings is 1. The fourth-order valence-corrected chi connectivity index (χ4v) is 5.32. The fourth-order valence-electron chi connectivity index (χ4n) is 3.89. The van der Waals surface area contributed by atoms with Crippen LogP contribution in [0.15, 0.2) is 29.2 Å². The van der Waals surface area contributed by atoms with Gasteiger partial charge in [-0.2, -0.15) is 5.26 Å². The number of rotatable bonds is 7. The van der Waals surface area contributed by atoms with Crippen LogP contribution in [0.4, 0.5) is 0 Å². The molecule has 1 saturated heterocycles. The van der Waals surface area contributed by atoms with E-state index in [0.717, 1.165) is 53.3 Å². The molecule has 0 bridgehead atoms. The largest absolute Gasteiger partial charge is 0.465 e. The van der Waals surface area contributed by atoms with Crippen molar-refractivity contribution < 1.29 is 13.7 Å². The van der Waals surface area contributed by atoms with Crippen LogP contribution in [0.25, 0.3) is 0 Å². The lowest BCUT2D eigenvalue weighted by Crippen LogP contribution is -2.23. The zero-order chi connectivity index (χ0) is 21.0. The minimum atomic E-state index is -1.20. The van der Waals surface area contributed by atoms with Crippen LogP contribution in [0, 0.1) is 25.2 Å². The zero-order valence-corrected chi connectivity index (χ0v) is 18.1. The SMILES string of the molecule is CCOC(=O)Cn1c(C)c(C#N)c(C)c1Cc1ccccc1S(=O)N1CCCC1. The molecule has 0 spiro atoms. The van der Waals surface area contributed by atoms with Crippen LogP contribution in [0.2, 0.25) is 0 Å². The van der Waals surface area contributed by atoms with E-state index in [1.807, 2.05) is 47.0 Å². The van der Waals surface area contributed by atoms with Crippen LogP contribution in [0.1, 0.15) is 47.8 Å². The number of carbonyl (C=O) groups is 1. The van der Waals surface area contributed by atoms with Crippen molar-refractivity contribution in [3.63, 3.8) is 0 Å². The van der Waals surface area contributed by atoms with Gasteiger partial charge in [0.15, 0.2) is 0 Å². The molecule has 6 nitrogen and oxygen atoms in total. The van der Waals surface area contributed by atoms with Crippen molar-refractivity contribution in [1.29, 1.82) is 5.26 Å². The Hall–Kier alpha value is -2.43. The molecule has 3 rings (SSSR count). The highest BCUT2D eigenvalue weighted by atomic mass is 32.2. The van der Waals surface area contributed by atoms with Crippen molar-refractivity contribution in [1.82, 2.24) is 8.87 Å². The molecule has 0 radical (unpaired) electrons. The fraction of sp³-hybridized carbons (Fsp3) is 0.455. The molecule has 0 saturated carbocycles. The van der Waals surface area contributed by atoms with E-state index >= 15 is 0 Å². The summed E-state index contributed by atoms with van der Waals surface area (Å²) in [5.41, 5.74) is 4.04. The van der Waals surface area contributed by atoms with Gasteiger partial charge in [0.2, 0.25) is 0 Å². The number of nitrogens with zero attached hydrogens (tertiary/aromatic N) is 3. The number of aromatic nitrogens is 1. The first-order chi connectivity index (χ1) is 14.0. The first-order valence-electron chi connectivity index (χ1n) is 9.96. The van der Waals surface area contributed by atoms with Gasteiger partial charge in [0.1, 0.15) is 23.6 Å². The first kappa shape index (κ1) is 21.3. The van der Waals surface area contributed by atoms with Gasteiger partial charge in [0, 0.05) is 30.9 Å². The van der Waals surface area contributed by atoms with Gasteiger partial charge in [-0.05, 0) is 50.8 Å². The second-order valence-corrected chi connectivity index (χ2v) is 8.66. The minimum Gasteiger partial charge on any atom is -0.465 e. The maximum Gasteiger partial charge on any atom is 0.325 e. The molecule has 1 aliphatic rings. The average molecular weight is 414 g/mol. The Morgan fingerprint density at radius 2 is 1.93 bits per heavy atom. The average Bonchev–Trinajstić information content (AvgIpc) is 3.32. The van der Waals surface area contributed by atoms with Gasteiger partial charge in [-0.15, -0.1) is 0 Å². The summed E-state index contributed by atoms with van der Waals surface area (Å²) < 4.78 is 22.1. The molecule has 0 N–H and O–H groups in total. The molecule has 1 aromatic heterocycles. The lowest BCUT2D eigenvalue weighted by Gasteiger charge is -2.18. The normalized spacial score (nSPS) is 15.2. The number of ether oxygens (including phenoxy) is 1. The summed E-state index contributed by atoms with van der Waals surface area (Å²) in [4.78, 5) is 12.9. The highest BCUT2D eigenvalue weighted by molar-refractivity contribution is 7.82. The van der Waals surface area contributed by atoms with Gasteiger partial charge in [-0.25, -0.2) is 8.51 Å². The van der Waals surface area contributed by atoms with E-state index in [1.165, 1.54) is 0 Å². The Labute approximate surface area is 174 Å². The van der Waals surface area contributed by atoms with Crippen LogP contribution < -0.4 is 0 Å². The Morgan fingerprint density at radius 1 is 1.24 bits per heavy atom. The number of carbonyl (C=O) groups excluding carboxylic acids is 1. The van der Waals surface area contributed by atoms with Crippen LogP contribution in [-0.4, -0.2) is 38.7 Å². The Morgan fingerprint density at radius 3 is 2.59 bits per heavy atom. The molecule has 1 unspecified atom stereocenters. The molecule has 29 heavy (non-hydrogen) atoms. The van der Waals surface area contributed by atoms with Crippen LogP contribution >= 0.6 is 0 Å². The molecule has 1 fully saturated rings. The van der Waals surface area contributed by atoms with Gasteiger partial charge in [0.05, 0.1) is 17.1 Å². The molecule has 1 aromatic carbocycles. The van der Waals surface area contributed by atoms with Crippen molar-refractivity contribution in [3.8, 4) is 6.07 Å². The second kappa shape index (κ2) is 9.38. The number of hydrogen-bond donors (Lipinski definition) is 0. The smallest absolute Gasteiger partial charge is 0.325 e. The Bertz CT molecular complexity index is 968. The molecule has 1 atom stereocenters. The number of nitriles is 1. The first-order valence-corrected chi connectivity index (χ1v) is 11.1. The quantitative estimate of drug-likeness (QED) is 0.653. The third kappa shape index (κ3) is 4.44. The van der Waals surface area contributed by atoms with Crippen molar-refractivity contribution in [2.24, 2.45) is 0 Å². The summed E-state index contributed by atoms with van der Waals surface area (Å²) in [6.07, 6.45) is 2.64.